The maximum Gasteiger partial charge on any atom is 0.221 e. The van der Waals surface area contributed by atoms with Crippen molar-refractivity contribution in [3.8, 4) is 0 Å². The maximum absolute atomic E-state index is 11.6. The summed E-state index contributed by atoms with van der Waals surface area (Å²) < 4.78 is 1.08. The number of benzene rings is 1. The summed E-state index contributed by atoms with van der Waals surface area (Å²) in [5.74, 6) is 0.0875. The van der Waals surface area contributed by atoms with E-state index in [0.29, 0.717) is 19.5 Å². The quantitative estimate of drug-likeness (QED) is 0.847. The Labute approximate surface area is 117 Å². The van der Waals surface area contributed by atoms with Gasteiger partial charge in [-0.05, 0) is 18.7 Å². The van der Waals surface area contributed by atoms with Crippen molar-refractivity contribution in [1.82, 2.24) is 10.6 Å². The van der Waals surface area contributed by atoms with E-state index in [1.807, 2.05) is 25.2 Å². The molecule has 100 valence electrons. The van der Waals surface area contributed by atoms with E-state index in [1.54, 1.807) is 0 Å². The summed E-state index contributed by atoms with van der Waals surface area (Å²) in [6, 6.07) is 8.13. The van der Waals surface area contributed by atoms with Crippen LogP contribution in [0.25, 0.3) is 0 Å². The maximum atomic E-state index is 11.6. The molecule has 0 radical (unpaired) electrons. The molecule has 1 aromatic carbocycles. The Morgan fingerprint density at radius 2 is 2.00 bits per heavy atom. The standard InChI is InChI=1S/C14H21BrN2O/c1-14(2,10-17-13(18)8-9-16-3)11-6-4-5-7-12(11)15/h4-7,16H,8-10H2,1-3H3,(H,17,18). The third kappa shape index (κ3) is 4.42. The lowest BCUT2D eigenvalue weighted by Gasteiger charge is -2.26. The summed E-state index contributed by atoms with van der Waals surface area (Å²) in [7, 11) is 1.85. The predicted molar refractivity (Wildman–Crippen MR) is 78.7 cm³/mol. The fourth-order valence-electron chi connectivity index (χ4n) is 1.75. The molecule has 0 fully saturated rings. The Morgan fingerprint density at radius 3 is 2.61 bits per heavy atom. The number of hydrogen-bond acceptors (Lipinski definition) is 2. The molecule has 4 heteroatoms. The molecule has 1 aromatic rings. The van der Waals surface area contributed by atoms with Gasteiger partial charge in [0, 0.05) is 29.4 Å². The molecule has 18 heavy (non-hydrogen) atoms. The van der Waals surface area contributed by atoms with Gasteiger partial charge in [0.05, 0.1) is 0 Å². The lowest BCUT2D eigenvalue weighted by atomic mass is 9.84. The fourth-order valence-corrected chi connectivity index (χ4v) is 2.57. The van der Waals surface area contributed by atoms with Gasteiger partial charge in [0.2, 0.25) is 5.91 Å². The SMILES string of the molecule is CNCCC(=O)NCC(C)(C)c1ccccc1Br. The van der Waals surface area contributed by atoms with E-state index in [9.17, 15) is 4.79 Å². The average molecular weight is 313 g/mol. The van der Waals surface area contributed by atoms with Gasteiger partial charge >= 0.3 is 0 Å². The Hall–Kier alpha value is -0.870. The molecule has 0 spiro atoms. The van der Waals surface area contributed by atoms with Crippen molar-refractivity contribution in [1.29, 1.82) is 0 Å². The molecule has 0 atom stereocenters. The number of hydrogen-bond donors (Lipinski definition) is 2. The van der Waals surface area contributed by atoms with Crippen molar-refractivity contribution in [2.45, 2.75) is 25.7 Å². The second-order valence-electron chi connectivity index (χ2n) is 4.99. The van der Waals surface area contributed by atoms with Crippen LogP contribution in [-0.4, -0.2) is 26.0 Å². The molecule has 0 aliphatic heterocycles. The molecule has 1 amide bonds. The first-order valence-electron chi connectivity index (χ1n) is 6.13. The topological polar surface area (TPSA) is 41.1 Å². The molecule has 0 aliphatic carbocycles. The zero-order valence-corrected chi connectivity index (χ0v) is 12.8. The average Bonchev–Trinajstić information content (AvgIpc) is 2.34. The van der Waals surface area contributed by atoms with E-state index in [2.05, 4.69) is 46.5 Å². The largest absolute Gasteiger partial charge is 0.355 e. The van der Waals surface area contributed by atoms with E-state index < -0.39 is 0 Å². The van der Waals surface area contributed by atoms with Crippen LogP contribution in [0.1, 0.15) is 25.8 Å². The van der Waals surface area contributed by atoms with Crippen LogP contribution >= 0.6 is 15.9 Å². The van der Waals surface area contributed by atoms with Crippen LogP contribution in [0.4, 0.5) is 0 Å². The minimum atomic E-state index is -0.0879. The number of carbonyl (C=O) groups is 1. The molecular weight excluding hydrogens is 292 g/mol. The predicted octanol–water partition coefficient (Wildman–Crippen LogP) is 2.45. The zero-order chi connectivity index (χ0) is 13.6. The van der Waals surface area contributed by atoms with Gasteiger partial charge in [-0.25, -0.2) is 0 Å². The summed E-state index contributed by atoms with van der Waals surface area (Å²) in [5, 5.41) is 5.95. The highest BCUT2D eigenvalue weighted by Crippen LogP contribution is 2.29. The minimum absolute atomic E-state index is 0.0875. The summed E-state index contributed by atoms with van der Waals surface area (Å²) >= 11 is 3.56. The lowest BCUT2D eigenvalue weighted by molar-refractivity contribution is -0.121. The molecule has 0 aliphatic rings. The van der Waals surface area contributed by atoms with Gasteiger partial charge in [0.25, 0.3) is 0 Å². The summed E-state index contributed by atoms with van der Waals surface area (Å²) in [6.07, 6.45) is 0.516. The van der Waals surface area contributed by atoms with Gasteiger partial charge in [-0.2, -0.15) is 0 Å². The van der Waals surface area contributed by atoms with Crippen LogP contribution in [0.15, 0.2) is 28.7 Å². The highest BCUT2D eigenvalue weighted by atomic mass is 79.9. The number of carbonyl (C=O) groups excluding carboxylic acids is 1. The normalized spacial score (nSPS) is 11.3. The van der Waals surface area contributed by atoms with E-state index in [-0.39, 0.29) is 11.3 Å². The Bertz CT molecular complexity index is 405. The van der Waals surface area contributed by atoms with Crippen LogP contribution in [0, 0.1) is 0 Å². The van der Waals surface area contributed by atoms with Crippen molar-refractivity contribution in [2.75, 3.05) is 20.1 Å². The smallest absolute Gasteiger partial charge is 0.221 e. The zero-order valence-electron chi connectivity index (χ0n) is 11.2. The molecular formula is C14H21BrN2O. The van der Waals surface area contributed by atoms with Gasteiger partial charge in [-0.1, -0.05) is 48.0 Å². The van der Waals surface area contributed by atoms with E-state index in [1.165, 1.54) is 5.56 Å². The lowest BCUT2D eigenvalue weighted by Crippen LogP contribution is -2.37. The Morgan fingerprint density at radius 1 is 1.33 bits per heavy atom. The molecule has 0 saturated heterocycles. The Balaban J connectivity index is 2.60. The minimum Gasteiger partial charge on any atom is -0.355 e. The van der Waals surface area contributed by atoms with Gasteiger partial charge in [0.15, 0.2) is 0 Å². The Kier molecular flexibility index (Phi) is 5.82. The fraction of sp³-hybridized carbons (Fsp3) is 0.500. The monoisotopic (exact) mass is 312 g/mol. The molecule has 2 N–H and O–H groups in total. The van der Waals surface area contributed by atoms with Crippen molar-refractivity contribution < 1.29 is 4.79 Å². The van der Waals surface area contributed by atoms with Gasteiger partial charge < -0.3 is 10.6 Å². The van der Waals surface area contributed by atoms with Crippen molar-refractivity contribution in [3.63, 3.8) is 0 Å². The second kappa shape index (κ2) is 6.90. The third-order valence-corrected chi connectivity index (χ3v) is 3.62. The third-order valence-electron chi connectivity index (χ3n) is 2.93. The summed E-state index contributed by atoms with van der Waals surface area (Å²) in [5.41, 5.74) is 1.12. The van der Waals surface area contributed by atoms with Crippen LogP contribution in [0.3, 0.4) is 0 Å². The van der Waals surface area contributed by atoms with E-state index in [0.717, 1.165) is 4.47 Å². The van der Waals surface area contributed by atoms with Crippen molar-refractivity contribution >= 4 is 21.8 Å². The van der Waals surface area contributed by atoms with E-state index in [4.69, 9.17) is 0 Å². The molecule has 1 rings (SSSR count). The highest BCUT2D eigenvalue weighted by molar-refractivity contribution is 9.10. The van der Waals surface area contributed by atoms with Crippen LogP contribution in [-0.2, 0) is 10.2 Å². The highest BCUT2D eigenvalue weighted by Gasteiger charge is 2.23. The molecule has 3 nitrogen and oxygen atoms in total. The van der Waals surface area contributed by atoms with Crippen LogP contribution in [0.5, 0.6) is 0 Å². The van der Waals surface area contributed by atoms with Crippen molar-refractivity contribution in [3.05, 3.63) is 34.3 Å². The molecule has 0 saturated carbocycles. The van der Waals surface area contributed by atoms with Crippen molar-refractivity contribution in [2.24, 2.45) is 0 Å². The number of halogens is 1. The molecule has 0 unspecified atom stereocenters. The number of rotatable bonds is 6. The molecule has 0 bridgehead atoms. The van der Waals surface area contributed by atoms with Gasteiger partial charge in [0.1, 0.15) is 0 Å². The van der Waals surface area contributed by atoms with Crippen LogP contribution < -0.4 is 10.6 Å². The summed E-state index contributed by atoms with van der Waals surface area (Å²) in [4.78, 5) is 11.6. The first-order valence-corrected chi connectivity index (χ1v) is 6.93. The van der Waals surface area contributed by atoms with Crippen LogP contribution in [0.2, 0.25) is 0 Å². The first kappa shape index (κ1) is 15.2. The van der Waals surface area contributed by atoms with Gasteiger partial charge in [-0.15, -0.1) is 0 Å². The second-order valence-corrected chi connectivity index (χ2v) is 5.85. The number of nitrogens with one attached hydrogen (secondary N) is 2. The molecule has 0 heterocycles. The van der Waals surface area contributed by atoms with Gasteiger partial charge in [-0.3, -0.25) is 4.79 Å². The molecule has 0 aromatic heterocycles. The first-order chi connectivity index (χ1) is 8.47. The number of amides is 1. The van der Waals surface area contributed by atoms with E-state index >= 15 is 0 Å². The summed E-state index contributed by atoms with van der Waals surface area (Å²) in [6.45, 7) is 5.61.